The first-order chi connectivity index (χ1) is 11.4. The van der Waals surface area contributed by atoms with Gasteiger partial charge in [0.25, 0.3) is 0 Å². The Morgan fingerprint density at radius 2 is 1.79 bits per heavy atom. The Hall–Kier alpha value is -2.66. The fourth-order valence-corrected chi connectivity index (χ4v) is 3.45. The fraction of sp³-hybridized carbons (Fsp3) is 0.158. The highest BCUT2D eigenvalue weighted by Crippen LogP contribution is 2.33. The molecule has 0 unspecified atom stereocenters. The van der Waals surface area contributed by atoms with E-state index in [1.165, 1.54) is 11.1 Å². The maximum atomic E-state index is 10.9. The number of benzene rings is 2. The van der Waals surface area contributed by atoms with E-state index >= 15 is 0 Å². The minimum atomic E-state index is -0.927. The molecule has 0 amide bonds. The number of thiazole rings is 1. The van der Waals surface area contributed by atoms with Crippen LogP contribution in [0.25, 0.3) is 11.3 Å². The van der Waals surface area contributed by atoms with E-state index in [4.69, 9.17) is 10.1 Å². The second-order valence-electron chi connectivity index (χ2n) is 5.75. The highest BCUT2D eigenvalue weighted by atomic mass is 32.1. The molecule has 0 saturated heterocycles. The Labute approximate surface area is 144 Å². The summed E-state index contributed by atoms with van der Waals surface area (Å²) in [7, 11) is 0. The molecular formula is C19H18N2O2S. The van der Waals surface area contributed by atoms with Gasteiger partial charge in [-0.25, -0.2) is 9.78 Å². The molecule has 122 valence electrons. The van der Waals surface area contributed by atoms with Crippen LogP contribution in [-0.2, 0) is 0 Å². The minimum Gasteiger partial charge on any atom is -0.478 e. The quantitative estimate of drug-likeness (QED) is 0.688. The largest absolute Gasteiger partial charge is 0.478 e. The summed E-state index contributed by atoms with van der Waals surface area (Å²) in [4.78, 5) is 16.8. The average molecular weight is 338 g/mol. The topological polar surface area (TPSA) is 62.2 Å². The molecular weight excluding hydrogens is 320 g/mol. The molecule has 5 heteroatoms. The molecule has 2 aromatic carbocycles. The van der Waals surface area contributed by atoms with E-state index in [9.17, 15) is 4.79 Å². The fourth-order valence-electron chi connectivity index (χ4n) is 2.60. The Balaban J connectivity index is 1.87. The molecule has 0 aliphatic carbocycles. The lowest BCUT2D eigenvalue weighted by Crippen LogP contribution is -1.96. The van der Waals surface area contributed by atoms with E-state index in [0.29, 0.717) is 0 Å². The van der Waals surface area contributed by atoms with E-state index < -0.39 is 5.97 Å². The molecule has 2 N–H and O–H groups in total. The number of carbonyl (C=O) groups is 1. The Morgan fingerprint density at radius 1 is 1.08 bits per heavy atom. The molecule has 4 nitrogen and oxygen atoms in total. The number of rotatable bonds is 4. The highest BCUT2D eigenvalue weighted by Gasteiger charge is 2.12. The molecule has 0 saturated carbocycles. The number of nitrogens with zero attached hydrogens (tertiary/aromatic N) is 1. The summed E-state index contributed by atoms with van der Waals surface area (Å²) in [6.45, 7) is 6.24. The van der Waals surface area contributed by atoms with Gasteiger partial charge in [-0.15, -0.1) is 11.3 Å². The van der Waals surface area contributed by atoms with Gasteiger partial charge in [0.05, 0.1) is 11.3 Å². The monoisotopic (exact) mass is 338 g/mol. The molecule has 3 rings (SSSR count). The number of aryl methyl sites for hydroxylation is 3. The van der Waals surface area contributed by atoms with Crippen molar-refractivity contribution in [2.45, 2.75) is 20.8 Å². The molecule has 1 aromatic heterocycles. The first-order valence-corrected chi connectivity index (χ1v) is 8.41. The van der Waals surface area contributed by atoms with Crippen LogP contribution in [-0.4, -0.2) is 16.1 Å². The van der Waals surface area contributed by atoms with Crippen LogP contribution < -0.4 is 5.32 Å². The van der Waals surface area contributed by atoms with Crippen LogP contribution in [0.1, 0.15) is 26.4 Å². The maximum absolute atomic E-state index is 10.9. The Bertz CT molecular complexity index is 898. The zero-order valence-electron chi connectivity index (χ0n) is 13.8. The van der Waals surface area contributed by atoms with Crippen LogP contribution in [0.2, 0.25) is 0 Å². The normalized spacial score (nSPS) is 10.6. The molecule has 0 fully saturated rings. The van der Waals surface area contributed by atoms with E-state index in [2.05, 4.69) is 44.3 Å². The highest BCUT2D eigenvalue weighted by molar-refractivity contribution is 7.16. The van der Waals surface area contributed by atoms with Gasteiger partial charge < -0.3 is 10.4 Å². The molecule has 1 heterocycles. The van der Waals surface area contributed by atoms with E-state index in [-0.39, 0.29) is 5.56 Å². The van der Waals surface area contributed by atoms with Crippen molar-refractivity contribution in [1.29, 1.82) is 0 Å². The second-order valence-corrected chi connectivity index (χ2v) is 6.95. The average Bonchev–Trinajstić information content (AvgIpc) is 2.88. The lowest BCUT2D eigenvalue weighted by Gasteiger charge is -2.05. The minimum absolute atomic E-state index is 0.270. The van der Waals surface area contributed by atoms with Gasteiger partial charge in [0, 0.05) is 16.1 Å². The van der Waals surface area contributed by atoms with Gasteiger partial charge in [-0.2, -0.15) is 0 Å². The lowest BCUT2D eigenvalue weighted by molar-refractivity contribution is 0.0697. The first kappa shape index (κ1) is 16.2. The third-order valence-corrected chi connectivity index (χ3v) is 4.70. The summed E-state index contributed by atoms with van der Waals surface area (Å²) in [6.07, 6.45) is 0. The molecule has 0 bridgehead atoms. The number of hydrogen-bond donors (Lipinski definition) is 2. The summed E-state index contributed by atoms with van der Waals surface area (Å²) >= 11 is 1.59. The van der Waals surface area contributed by atoms with E-state index in [1.807, 2.05) is 0 Å². The smallest absolute Gasteiger partial charge is 0.335 e. The molecule has 24 heavy (non-hydrogen) atoms. The van der Waals surface area contributed by atoms with Crippen LogP contribution >= 0.6 is 11.3 Å². The summed E-state index contributed by atoms with van der Waals surface area (Å²) < 4.78 is 0. The molecule has 0 radical (unpaired) electrons. The first-order valence-electron chi connectivity index (χ1n) is 7.59. The van der Waals surface area contributed by atoms with Crippen LogP contribution in [0.4, 0.5) is 10.8 Å². The van der Waals surface area contributed by atoms with Gasteiger partial charge in [0.1, 0.15) is 0 Å². The van der Waals surface area contributed by atoms with Crippen molar-refractivity contribution < 1.29 is 9.90 Å². The Kier molecular flexibility index (Phi) is 4.36. The van der Waals surface area contributed by atoms with Gasteiger partial charge in [-0.3, -0.25) is 0 Å². The van der Waals surface area contributed by atoms with E-state index in [1.54, 1.807) is 35.6 Å². The second kappa shape index (κ2) is 6.45. The zero-order valence-corrected chi connectivity index (χ0v) is 14.6. The predicted molar refractivity (Wildman–Crippen MR) is 98.4 cm³/mol. The van der Waals surface area contributed by atoms with Gasteiger partial charge in [0.15, 0.2) is 5.13 Å². The van der Waals surface area contributed by atoms with Gasteiger partial charge in [-0.05, 0) is 50.6 Å². The standard InChI is InChI=1S/C19H18N2O2S/c1-11-4-9-16(12(2)10-11)17-13(3)24-19(21-17)20-15-7-5-14(6-8-15)18(22)23/h4-10H,1-3H3,(H,20,21)(H,22,23). The van der Waals surface area contributed by atoms with Crippen LogP contribution in [0, 0.1) is 20.8 Å². The lowest BCUT2D eigenvalue weighted by atomic mass is 10.0. The molecule has 0 atom stereocenters. The maximum Gasteiger partial charge on any atom is 0.335 e. The van der Waals surface area contributed by atoms with Crippen molar-refractivity contribution in [2.24, 2.45) is 0 Å². The number of anilines is 2. The van der Waals surface area contributed by atoms with Crippen molar-refractivity contribution >= 4 is 28.1 Å². The van der Waals surface area contributed by atoms with Crippen molar-refractivity contribution in [3.8, 4) is 11.3 Å². The number of hydrogen-bond acceptors (Lipinski definition) is 4. The third-order valence-electron chi connectivity index (χ3n) is 3.82. The van der Waals surface area contributed by atoms with Crippen molar-refractivity contribution in [3.05, 3.63) is 64.0 Å². The summed E-state index contributed by atoms with van der Waals surface area (Å²) in [5.41, 5.74) is 5.67. The van der Waals surface area contributed by atoms with Gasteiger partial charge >= 0.3 is 5.97 Å². The molecule has 0 aliphatic heterocycles. The van der Waals surface area contributed by atoms with Gasteiger partial charge in [-0.1, -0.05) is 23.8 Å². The van der Waals surface area contributed by atoms with Crippen molar-refractivity contribution in [2.75, 3.05) is 5.32 Å². The van der Waals surface area contributed by atoms with E-state index in [0.717, 1.165) is 27.0 Å². The number of aromatic carboxylic acids is 1. The van der Waals surface area contributed by atoms with Gasteiger partial charge in [0.2, 0.25) is 0 Å². The predicted octanol–water partition coefficient (Wildman–Crippen LogP) is 5.18. The number of aromatic nitrogens is 1. The number of nitrogens with one attached hydrogen (secondary N) is 1. The number of carboxylic acid groups (broad SMARTS) is 1. The number of carboxylic acids is 1. The van der Waals surface area contributed by atoms with Crippen LogP contribution in [0.15, 0.2) is 42.5 Å². The molecule has 3 aromatic rings. The third kappa shape index (κ3) is 3.31. The molecule has 0 spiro atoms. The summed E-state index contributed by atoms with van der Waals surface area (Å²) in [5.74, 6) is -0.927. The van der Waals surface area contributed by atoms with Crippen LogP contribution in [0.3, 0.4) is 0 Å². The van der Waals surface area contributed by atoms with Crippen molar-refractivity contribution in [1.82, 2.24) is 4.98 Å². The summed E-state index contributed by atoms with van der Waals surface area (Å²) in [6, 6.07) is 13.0. The zero-order chi connectivity index (χ0) is 17.3. The van der Waals surface area contributed by atoms with Crippen LogP contribution in [0.5, 0.6) is 0 Å². The SMILES string of the molecule is Cc1ccc(-c2nc(Nc3ccc(C(=O)O)cc3)sc2C)c(C)c1. The summed E-state index contributed by atoms with van der Waals surface area (Å²) in [5, 5.41) is 13.0. The molecule has 0 aliphatic rings. The Morgan fingerprint density at radius 3 is 2.42 bits per heavy atom. The van der Waals surface area contributed by atoms with Crippen molar-refractivity contribution in [3.63, 3.8) is 0 Å².